The van der Waals surface area contributed by atoms with Gasteiger partial charge in [-0.25, -0.2) is 9.97 Å². The highest BCUT2D eigenvalue weighted by atomic mass is 35.5. The maximum atomic E-state index is 6.05. The van der Waals surface area contributed by atoms with Gasteiger partial charge in [-0.05, 0) is 36.0 Å². The molecule has 4 rings (SSSR count). The van der Waals surface area contributed by atoms with E-state index in [0.29, 0.717) is 22.2 Å². The molecule has 0 saturated heterocycles. The van der Waals surface area contributed by atoms with Crippen LogP contribution < -0.4 is 0 Å². The van der Waals surface area contributed by atoms with E-state index in [9.17, 15) is 0 Å². The molecule has 106 valence electrons. The molecule has 0 bridgehead atoms. The summed E-state index contributed by atoms with van der Waals surface area (Å²) in [6.45, 7) is 0. The smallest absolute Gasteiger partial charge is 0.283 e. The van der Waals surface area contributed by atoms with Crippen molar-refractivity contribution in [1.29, 1.82) is 0 Å². The molecule has 21 heavy (non-hydrogen) atoms. The Hall–Kier alpha value is -1.44. The minimum Gasteiger partial charge on any atom is -0.410 e. The van der Waals surface area contributed by atoms with Crippen LogP contribution in [0.25, 0.3) is 10.8 Å². The van der Waals surface area contributed by atoms with E-state index < -0.39 is 0 Å². The maximum absolute atomic E-state index is 6.05. The van der Waals surface area contributed by atoms with Gasteiger partial charge in [0.05, 0.1) is 4.88 Å². The van der Waals surface area contributed by atoms with Gasteiger partial charge >= 0.3 is 0 Å². The van der Waals surface area contributed by atoms with Crippen LogP contribution in [0.3, 0.4) is 0 Å². The second-order valence-electron chi connectivity index (χ2n) is 4.61. The van der Waals surface area contributed by atoms with Gasteiger partial charge in [0.1, 0.15) is 16.0 Å². The van der Waals surface area contributed by atoms with Gasteiger partial charge in [0, 0.05) is 12.0 Å². The van der Waals surface area contributed by atoms with E-state index in [0.717, 1.165) is 28.6 Å². The lowest BCUT2D eigenvalue weighted by Gasteiger charge is -2.01. The molecule has 1 saturated carbocycles. The number of rotatable bonds is 4. The highest BCUT2D eigenvalue weighted by Gasteiger charge is 2.27. The number of nitrogens with zero attached hydrogens (tertiary/aromatic N) is 4. The molecular formula is C13H9ClN4OS2. The first-order valence-corrected chi connectivity index (χ1v) is 8.45. The summed E-state index contributed by atoms with van der Waals surface area (Å²) in [4.78, 5) is 9.72. The van der Waals surface area contributed by atoms with Gasteiger partial charge in [0.2, 0.25) is 0 Å². The fourth-order valence-electron chi connectivity index (χ4n) is 1.83. The molecule has 0 aliphatic heterocycles. The summed E-state index contributed by atoms with van der Waals surface area (Å²) in [5, 5.41) is 11.7. The van der Waals surface area contributed by atoms with Crippen LogP contribution in [0.5, 0.6) is 0 Å². The summed E-state index contributed by atoms with van der Waals surface area (Å²) in [6, 6.07) is 5.61. The lowest BCUT2D eigenvalue weighted by atomic mass is 10.4. The summed E-state index contributed by atoms with van der Waals surface area (Å²) in [6.07, 6.45) is 2.26. The van der Waals surface area contributed by atoms with Crippen LogP contribution in [0, 0.1) is 0 Å². The Morgan fingerprint density at radius 1 is 1.29 bits per heavy atom. The predicted molar refractivity (Wildman–Crippen MR) is 80.8 cm³/mol. The van der Waals surface area contributed by atoms with Crippen LogP contribution in [-0.4, -0.2) is 20.2 Å². The van der Waals surface area contributed by atoms with Gasteiger partial charge in [-0.2, -0.15) is 0 Å². The minimum atomic E-state index is 0.451. The van der Waals surface area contributed by atoms with Crippen LogP contribution in [-0.2, 0) is 0 Å². The number of hydrogen-bond donors (Lipinski definition) is 0. The summed E-state index contributed by atoms with van der Waals surface area (Å²) >= 11 is 8.91. The Labute approximate surface area is 133 Å². The normalized spacial score (nSPS) is 14.5. The fourth-order valence-corrected chi connectivity index (χ4v) is 3.42. The Morgan fingerprint density at radius 2 is 2.19 bits per heavy atom. The van der Waals surface area contributed by atoms with E-state index in [1.54, 1.807) is 17.4 Å². The van der Waals surface area contributed by atoms with Crippen LogP contribution in [0.2, 0.25) is 5.15 Å². The minimum absolute atomic E-state index is 0.451. The first kappa shape index (κ1) is 13.2. The van der Waals surface area contributed by atoms with Gasteiger partial charge in [-0.15, -0.1) is 21.5 Å². The molecule has 0 spiro atoms. The molecule has 0 amide bonds. The third-order valence-corrected chi connectivity index (χ3v) is 4.77. The highest BCUT2D eigenvalue weighted by molar-refractivity contribution is 7.99. The van der Waals surface area contributed by atoms with E-state index in [4.69, 9.17) is 16.0 Å². The lowest BCUT2D eigenvalue weighted by Crippen LogP contribution is -1.94. The SMILES string of the molecule is Clc1cc(Sc2nnc(-c3cccs3)o2)nc(C2CC2)n1. The summed E-state index contributed by atoms with van der Waals surface area (Å²) in [5.74, 6) is 1.78. The number of halogens is 1. The molecule has 0 radical (unpaired) electrons. The standard InChI is InChI=1S/C13H9ClN4OS2/c14-9-6-10(16-11(15-9)7-3-4-7)21-13-18-17-12(19-13)8-2-1-5-20-8/h1-2,5-7H,3-4H2. The van der Waals surface area contributed by atoms with E-state index in [1.165, 1.54) is 11.8 Å². The molecule has 5 nitrogen and oxygen atoms in total. The number of aromatic nitrogens is 4. The van der Waals surface area contributed by atoms with Crippen molar-refractivity contribution in [2.45, 2.75) is 29.0 Å². The largest absolute Gasteiger partial charge is 0.410 e. The van der Waals surface area contributed by atoms with Crippen molar-refractivity contribution in [2.24, 2.45) is 0 Å². The Bertz CT molecular complexity index is 770. The Balaban J connectivity index is 1.58. The van der Waals surface area contributed by atoms with Crippen molar-refractivity contribution >= 4 is 34.7 Å². The van der Waals surface area contributed by atoms with Gasteiger partial charge in [-0.3, -0.25) is 0 Å². The first-order valence-electron chi connectivity index (χ1n) is 6.37. The maximum Gasteiger partial charge on any atom is 0.283 e. The number of thiophene rings is 1. The van der Waals surface area contributed by atoms with Gasteiger partial charge in [0.15, 0.2) is 0 Å². The second-order valence-corrected chi connectivity index (χ2v) is 6.92. The zero-order valence-electron chi connectivity index (χ0n) is 10.7. The molecule has 3 aromatic rings. The van der Waals surface area contributed by atoms with Gasteiger partial charge in [0.25, 0.3) is 11.1 Å². The van der Waals surface area contributed by atoms with E-state index in [1.807, 2.05) is 17.5 Å². The molecule has 8 heteroatoms. The monoisotopic (exact) mass is 336 g/mol. The topological polar surface area (TPSA) is 64.7 Å². The molecular weight excluding hydrogens is 328 g/mol. The molecule has 0 atom stereocenters. The first-order chi connectivity index (χ1) is 10.3. The van der Waals surface area contributed by atoms with Crippen molar-refractivity contribution in [3.05, 3.63) is 34.6 Å². The van der Waals surface area contributed by atoms with Crippen molar-refractivity contribution in [1.82, 2.24) is 20.2 Å². The third kappa shape index (κ3) is 2.95. The van der Waals surface area contributed by atoms with E-state index >= 15 is 0 Å². The summed E-state index contributed by atoms with van der Waals surface area (Å²) in [5.41, 5.74) is 0. The van der Waals surface area contributed by atoms with E-state index in [2.05, 4.69) is 20.2 Å². The average molecular weight is 337 g/mol. The van der Waals surface area contributed by atoms with E-state index in [-0.39, 0.29) is 0 Å². The molecule has 1 fully saturated rings. The molecule has 1 aliphatic carbocycles. The molecule has 1 aliphatic rings. The van der Waals surface area contributed by atoms with Crippen molar-refractivity contribution in [2.75, 3.05) is 0 Å². The van der Waals surface area contributed by atoms with Crippen molar-refractivity contribution < 1.29 is 4.42 Å². The third-order valence-electron chi connectivity index (χ3n) is 2.96. The second kappa shape index (κ2) is 5.40. The predicted octanol–water partition coefficient (Wildman–Crippen LogP) is 4.27. The Morgan fingerprint density at radius 3 is 2.95 bits per heavy atom. The molecule has 3 aromatic heterocycles. The Kier molecular flexibility index (Phi) is 3.40. The van der Waals surface area contributed by atoms with Crippen LogP contribution in [0.4, 0.5) is 0 Å². The highest BCUT2D eigenvalue weighted by Crippen LogP contribution is 2.39. The average Bonchev–Trinajstić information content (AvgIpc) is 2.97. The molecule has 3 heterocycles. The van der Waals surface area contributed by atoms with Gasteiger partial charge in [-0.1, -0.05) is 17.7 Å². The van der Waals surface area contributed by atoms with Crippen molar-refractivity contribution in [3.8, 4) is 10.8 Å². The van der Waals surface area contributed by atoms with Gasteiger partial charge < -0.3 is 4.42 Å². The van der Waals surface area contributed by atoms with Crippen LogP contribution in [0.15, 0.2) is 38.2 Å². The summed E-state index contributed by atoms with van der Waals surface area (Å²) < 4.78 is 5.64. The quantitative estimate of drug-likeness (QED) is 0.663. The molecule has 0 aromatic carbocycles. The number of hydrogen-bond acceptors (Lipinski definition) is 7. The van der Waals surface area contributed by atoms with Crippen LogP contribution >= 0.6 is 34.7 Å². The zero-order valence-corrected chi connectivity index (χ0v) is 13.1. The van der Waals surface area contributed by atoms with Crippen molar-refractivity contribution in [3.63, 3.8) is 0 Å². The molecule has 0 N–H and O–H groups in total. The fraction of sp³-hybridized carbons (Fsp3) is 0.231. The van der Waals surface area contributed by atoms with Crippen LogP contribution in [0.1, 0.15) is 24.6 Å². The summed E-state index contributed by atoms with van der Waals surface area (Å²) in [7, 11) is 0. The molecule has 0 unspecified atom stereocenters. The zero-order chi connectivity index (χ0) is 14.2. The lowest BCUT2D eigenvalue weighted by molar-refractivity contribution is 0.466.